The van der Waals surface area contributed by atoms with Gasteiger partial charge in [0.1, 0.15) is 5.75 Å². The Morgan fingerprint density at radius 3 is 2.28 bits per heavy atom. The molecular weight excluding hydrogens is 222 g/mol. The molecule has 0 aromatic heterocycles. The van der Waals surface area contributed by atoms with Crippen molar-refractivity contribution in [3.63, 3.8) is 0 Å². The lowest BCUT2D eigenvalue weighted by Crippen LogP contribution is -2.34. The van der Waals surface area contributed by atoms with Crippen LogP contribution in [0.25, 0.3) is 0 Å². The maximum atomic E-state index is 5.86. The normalized spacial score (nSPS) is 11.9. The van der Waals surface area contributed by atoms with Crippen LogP contribution in [-0.4, -0.2) is 19.7 Å². The van der Waals surface area contributed by atoms with E-state index >= 15 is 0 Å². The minimum Gasteiger partial charge on any atom is -0.493 e. The molecule has 0 atom stereocenters. The molecule has 0 bridgehead atoms. The average Bonchev–Trinajstić information content (AvgIpc) is 2.35. The zero-order valence-electron chi connectivity index (χ0n) is 12.4. The highest BCUT2D eigenvalue weighted by atomic mass is 16.5. The summed E-state index contributed by atoms with van der Waals surface area (Å²) in [6.07, 6.45) is 0. The Hall–Kier alpha value is -1.02. The second-order valence-electron chi connectivity index (χ2n) is 5.96. The summed E-state index contributed by atoms with van der Waals surface area (Å²) >= 11 is 0. The lowest BCUT2D eigenvalue weighted by molar-refractivity contribution is 0.177. The summed E-state index contributed by atoms with van der Waals surface area (Å²) < 4.78 is 5.86. The maximum absolute atomic E-state index is 5.86. The number of ether oxygens (including phenoxy) is 1. The first-order valence-electron chi connectivity index (χ1n) is 6.88. The molecule has 1 rings (SSSR count). The minimum absolute atomic E-state index is 0.159. The van der Waals surface area contributed by atoms with Crippen LogP contribution in [0.5, 0.6) is 5.75 Å². The van der Waals surface area contributed by atoms with E-state index < -0.39 is 0 Å². The van der Waals surface area contributed by atoms with Gasteiger partial charge in [-0.3, -0.25) is 0 Å². The SMILES string of the molecule is CCNCC(C)(C)COc1ccc(C(C)C)cc1. The summed E-state index contributed by atoms with van der Waals surface area (Å²) in [6.45, 7) is 13.7. The molecule has 1 N–H and O–H groups in total. The Balaban J connectivity index is 2.48. The van der Waals surface area contributed by atoms with E-state index in [1.54, 1.807) is 0 Å². The first kappa shape index (κ1) is 15.0. The molecule has 0 fully saturated rings. The van der Waals surface area contributed by atoms with Gasteiger partial charge in [-0.25, -0.2) is 0 Å². The highest BCUT2D eigenvalue weighted by Crippen LogP contribution is 2.21. The number of rotatable bonds is 7. The molecule has 0 saturated carbocycles. The van der Waals surface area contributed by atoms with Crippen LogP contribution in [0.1, 0.15) is 46.1 Å². The van der Waals surface area contributed by atoms with Crippen molar-refractivity contribution in [2.45, 2.75) is 40.5 Å². The van der Waals surface area contributed by atoms with Gasteiger partial charge in [0.05, 0.1) is 6.61 Å². The van der Waals surface area contributed by atoms with Crippen molar-refractivity contribution >= 4 is 0 Å². The van der Waals surface area contributed by atoms with Crippen molar-refractivity contribution in [3.05, 3.63) is 29.8 Å². The Morgan fingerprint density at radius 2 is 1.78 bits per heavy atom. The molecule has 0 amide bonds. The first-order valence-corrected chi connectivity index (χ1v) is 6.88. The molecular formula is C16H27NO. The Bertz CT molecular complexity index is 341. The van der Waals surface area contributed by atoms with Crippen molar-refractivity contribution in [1.29, 1.82) is 0 Å². The molecule has 102 valence electrons. The molecule has 0 unspecified atom stereocenters. The van der Waals surface area contributed by atoms with E-state index in [0.717, 1.165) is 25.4 Å². The summed E-state index contributed by atoms with van der Waals surface area (Å²) in [5.74, 6) is 1.54. The second-order valence-corrected chi connectivity index (χ2v) is 5.96. The minimum atomic E-state index is 0.159. The number of nitrogens with one attached hydrogen (secondary N) is 1. The second kappa shape index (κ2) is 6.79. The van der Waals surface area contributed by atoms with E-state index in [2.05, 4.69) is 64.2 Å². The fourth-order valence-electron chi connectivity index (χ4n) is 1.74. The van der Waals surface area contributed by atoms with Gasteiger partial charge in [0, 0.05) is 12.0 Å². The fraction of sp³-hybridized carbons (Fsp3) is 0.625. The van der Waals surface area contributed by atoms with E-state index in [0.29, 0.717) is 5.92 Å². The molecule has 1 aromatic carbocycles. The maximum Gasteiger partial charge on any atom is 0.119 e. The third-order valence-electron chi connectivity index (χ3n) is 3.03. The van der Waals surface area contributed by atoms with Crippen LogP contribution in [0, 0.1) is 5.41 Å². The van der Waals surface area contributed by atoms with Crippen LogP contribution in [0.4, 0.5) is 0 Å². The van der Waals surface area contributed by atoms with E-state index in [1.807, 2.05) is 0 Å². The van der Waals surface area contributed by atoms with Crippen LogP contribution >= 0.6 is 0 Å². The van der Waals surface area contributed by atoms with Crippen molar-refractivity contribution < 1.29 is 4.74 Å². The molecule has 2 heteroatoms. The molecule has 2 nitrogen and oxygen atoms in total. The van der Waals surface area contributed by atoms with Gasteiger partial charge in [-0.2, -0.15) is 0 Å². The van der Waals surface area contributed by atoms with Crippen molar-refractivity contribution in [2.75, 3.05) is 19.7 Å². The zero-order valence-corrected chi connectivity index (χ0v) is 12.4. The van der Waals surface area contributed by atoms with Gasteiger partial charge < -0.3 is 10.1 Å². The van der Waals surface area contributed by atoms with E-state index in [1.165, 1.54) is 5.56 Å². The summed E-state index contributed by atoms with van der Waals surface area (Å²) in [7, 11) is 0. The Morgan fingerprint density at radius 1 is 1.17 bits per heavy atom. The topological polar surface area (TPSA) is 21.3 Å². The number of hydrogen-bond donors (Lipinski definition) is 1. The molecule has 1 aromatic rings. The van der Waals surface area contributed by atoms with E-state index in [-0.39, 0.29) is 5.41 Å². The number of benzene rings is 1. The van der Waals surface area contributed by atoms with Crippen molar-refractivity contribution in [2.24, 2.45) is 5.41 Å². The standard InChI is InChI=1S/C16H27NO/c1-6-17-11-16(4,5)12-18-15-9-7-14(8-10-15)13(2)3/h7-10,13,17H,6,11-12H2,1-5H3. The fourth-order valence-corrected chi connectivity index (χ4v) is 1.74. The molecule has 18 heavy (non-hydrogen) atoms. The summed E-state index contributed by atoms with van der Waals surface area (Å²) in [4.78, 5) is 0. The van der Waals surface area contributed by atoms with Gasteiger partial charge in [0.2, 0.25) is 0 Å². The molecule has 0 aliphatic heterocycles. The third kappa shape index (κ3) is 5.09. The van der Waals surface area contributed by atoms with Gasteiger partial charge in [-0.1, -0.05) is 46.8 Å². The molecule has 0 saturated heterocycles. The molecule has 0 aliphatic carbocycles. The predicted molar refractivity (Wildman–Crippen MR) is 78.4 cm³/mol. The first-order chi connectivity index (χ1) is 8.44. The molecule has 0 radical (unpaired) electrons. The third-order valence-corrected chi connectivity index (χ3v) is 3.03. The van der Waals surface area contributed by atoms with Gasteiger partial charge >= 0.3 is 0 Å². The number of hydrogen-bond acceptors (Lipinski definition) is 2. The van der Waals surface area contributed by atoms with Crippen LogP contribution in [0.15, 0.2) is 24.3 Å². The summed E-state index contributed by atoms with van der Waals surface area (Å²) in [5, 5.41) is 3.37. The van der Waals surface area contributed by atoms with Crippen LogP contribution in [-0.2, 0) is 0 Å². The van der Waals surface area contributed by atoms with Gasteiger partial charge in [0.15, 0.2) is 0 Å². The lowest BCUT2D eigenvalue weighted by Gasteiger charge is -2.25. The van der Waals surface area contributed by atoms with Gasteiger partial charge in [-0.15, -0.1) is 0 Å². The summed E-state index contributed by atoms with van der Waals surface area (Å²) in [5.41, 5.74) is 1.52. The Labute approximate surface area is 112 Å². The summed E-state index contributed by atoms with van der Waals surface area (Å²) in [6, 6.07) is 8.44. The highest BCUT2D eigenvalue weighted by molar-refractivity contribution is 5.28. The smallest absolute Gasteiger partial charge is 0.119 e. The van der Waals surface area contributed by atoms with Crippen LogP contribution < -0.4 is 10.1 Å². The highest BCUT2D eigenvalue weighted by Gasteiger charge is 2.18. The lowest BCUT2D eigenvalue weighted by atomic mass is 9.95. The van der Waals surface area contributed by atoms with Crippen LogP contribution in [0.2, 0.25) is 0 Å². The van der Waals surface area contributed by atoms with Crippen LogP contribution in [0.3, 0.4) is 0 Å². The van der Waals surface area contributed by atoms with Gasteiger partial charge in [-0.05, 0) is 30.2 Å². The molecule has 0 heterocycles. The zero-order chi connectivity index (χ0) is 13.6. The largest absolute Gasteiger partial charge is 0.493 e. The monoisotopic (exact) mass is 249 g/mol. The van der Waals surface area contributed by atoms with E-state index in [4.69, 9.17) is 4.74 Å². The molecule has 0 aliphatic rings. The average molecular weight is 249 g/mol. The quantitative estimate of drug-likeness (QED) is 0.793. The predicted octanol–water partition coefficient (Wildman–Crippen LogP) is 3.82. The van der Waals surface area contributed by atoms with Crippen molar-refractivity contribution in [3.8, 4) is 5.75 Å². The Kier molecular flexibility index (Phi) is 5.67. The van der Waals surface area contributed by atoms with Gasteiger partial charge in [0.25, 0.3) is 0 Å². The molecule has 0 spiro atoms. The van der Waals surface area contributed by atoms with Crippen molar-refractivity contribution in [1.82, 2.24) is 5.32 Å². The van der Waals surface area contributed by atoms with E-state index in [9.17, 15) is 0 Å².